The zero-order chi connectivity index (χ0) is 16.4. The molecule has 6 nitrogen and oxygen atoms in total. The molecule has 0 aromatic carbocycles. The lowest BCUT2D eigenvalue weighted by atomic mass is 10.2. The quantitative estimate of drug-likeness (QED) is 0.397. The van der Waals surface area contributed by atoms with Gasteiger partial charge in [0, 0.05) is 40.3 Å². The highest BCUT2D eigenvalue weighted by molar-refractivity contribution is 5.81. The normalized spacial score (nSPS) is 19.3. The number of nitrogens with zero attached hydrogens (tertiary/aromatic N) is 3. The average molecular weight is 311 g/mol. The maximum atomic E-state index is 12.1. The molecule has 2 N–H and O–H groups in total. The fraction of sp³-hybridized carbons (Fsp3) is 0.875. The maximum Gasteiger partial charge on any atom is 0.239 e. The molecule has 1 atom stereocenters. The van der Waals surface area contributed by atoms with Gasteiger partial charge in [0.15, 0.2) is 5.96 Å². The zero-order valence-electron chi connectivity index (χ0n) is 14.7. The van der Waals surface area contributed by atoms with E-state index in [1.165, 1.54) is 0 Å². The van der Waals surface area contributed by atoms with Gasteiger partial charge in [0.25, 0.3) is 0 Å². The van der Waals surface area contributed by atoms with E-state index in [1.807, 2.05) is 14.1 Å². The lowest BCUT2D eigenvalue weighted by Gasteiger charge is -2.26. The summed E-state index contributed by atoms with van der Waals surface area (Å²) in [5.74, 6) is 1.13. The minimum atomic E-state index is 0.0806. The minimum absolute atomic E-state index is 0.0806. The van der Waals surface area contributed by atoms with Gasteiger partial charge in [-0.1, -0.05) is 6.92 Å². The maximum absolute atomic E-state index is 12.1. The van der Waals surface area contributed by atoms with E-state index in [0.29, 0.717) is 0 Å². The number of hydrogen-bond acceptors (Lipinski definition) is 3. The summed E-state index contributed by atoms with van der Waals surface area (Å²) in [7, 11) is 3.68. The fourth-order valence-corrected chi connectivity index (χ4v) is 2.73. The van der Waals surface area contributed by atoms with Crippen LogP contribution in [0.3, 0.4) is 0 Å². The first-order valence-electron chi connectivity index (χ1n) is 8.57. The van der Waals surface area contributed by atoms with Crippen molar-refractivity contribution >= 4 is 11.9 Å². The van der Waals surface area contributed by atoms with Gasteiger partial charge in [0.2, 0.25) is 5.91 Å². The Labute approximate surface area is 135 Å². The predicted molar refractivity (Wildman–Crippen MR) is 92.2 cm³/mol. The van der Waals surface area contributed by atoms with Gasteiger partial charge in [0.1, 0.15) is 0 Å². The van der Waals surface area contributed by atoms with Crippen molar-refractivity contribution in [2.24, 2.45) is 4.99 Å². The zero-order valence-corrected chi connectivity index (χ0v) is 14.7. The largest absolute Gasteiger partial charge is 0.357 e. The van der Waals surface area contributed by atoms with Crippen LogP contribution in [0.2, 0.25) is 0 Å². The molecule has 0 bridgehead atoms. The molecule has 0 saturated carbocycles. The van der Waals surface area contributed by atoms with Crippen molar-refractivity contribution < 1.29 is 4.79 Å². The number of rotatable bonds is 8. The van der Waals surface area contributed by atoms with E-state index >= 15 is 0 Å². The van der Waals surface area contributed by atoms with Crippen LogP contribution in [-0.2, 0) is 4.79 Å². The summed E-state index contributed by atoms with van der Waals surface area (Å²) in [6.07, 6.45) is 4.19. The van der Waals surface area contributed by atoms with Gasteiger partial charge in [-0.2, -0.15) is 0 Å². The Bertz CT molecular complexity index is 356. The molecule has 0 aromatic heterocycles. The Kier molecular flexibility index (Phi) is 8.89. The van der Waals surface area contributed by atoms with Crippen LogP contribution in [0.4, 0.5) is 0 Å². The number of guanidine groups is 1. The van der Waals surface area contributed by atoms with Gasteiger partial charge >= 0.3 is 0 Å². The minimum Gasteiger partial charge on any atom is -0.357 e. The van der Waals surface area contributed by atoms with Gasteiger partial charge < -0.3 is 15.5 Å². The van der Waals surface area contributed by atoms with Crippen LogP contribution in [0.1, 0.15) is 39.5 Å². The molecule has 1 rings (SSSR count). The Morgan fingerprint density at radius 2 is 2.09 bits per heavy atom. The Morgan fingerprint density at radius 1 is 1.32 bits per heavy atom. The van der Waals surface area contributed by atoms with Crippen LogP contribution >= 0.6 is 0 Å². The second kappa shape index (κ2) is 10.4. The molecule has 6 heteroatoms. The van der Waals surface area contributed by atoms with E-state index in [0.717, 1.165) is 64.4 Å². The van der Waals surface area contributed by atoms with Gasteiger partial charge in [-0.15, -0.1) is 0 Å². The third-order valence-electron chi connectivity index (χ3n) is 3.84. The van der Waals surface area contributed by atoms with Crippen LogP contribution in [0.5, 0.6) is 0 Å². The average Bonchev–Trinajstić information content (AvgIpc) is 2.96. The van der Waals surface area contributed by atoms with Crippen LogP contribution < -0.4 is 10.6 Å². The lowest BCUT2D eigenvalue weighted by Crippen LogP contribution is -2.44. The molecule has 0 aliphatic carbocycles. The first-order chi connectivity index (χ1) is 10.6. The van der Waals surface area contributed by atoms with Crippen molar-refractivity contribution in [2.75, 3.05) is 46.8 Å². The first kappa shape index (κ1) is 18.7. The van der Waals surface area contributed by atoms with E-state index < -0.39 is 0 Å². The molecule has 1 aliphatic heterocycles. The van der Waals surface area contributed by atoms with E-state index in [4.69, 9.17) is 0 Å². The van der Waals surface area contributed by atoms with E-state index in [2.05, 4.69) is 34.4 Å². The smallest absolute Gasteiger partial charge is 0.239 e. The van der Waals surface area contributed by atoms with E-state index in [-0.39, 0.29) is 11.9 Å². The Balaban J connectivity index is 2.32. The van der Waals surface area contributed by atoms with Gasteiger partial charge in [0.05, 0.1) is 6.04 Å². The standard InChI is InChI=1S/C16H33N5O/c1-5-10-18-16(17-6-2)19-11-8-13-21-12-7-9-14(21)15(22)20(3)4/h14H,5-13H2,1-4H3,(H2,17,18,19). The second-order valence-corrected chi connectivity index (χ2v) is 5.97. The summed E-state index contributed by atoms with van der Waals surface area (Å²) < 4.78 is 0. The summed E-state index contributed by atoms with van der Waals surface area (Å²) in [6, 6.07) is 0.0806. The van der Waals surface area contributed by atoms with Crippen molar-refractivity contribution in [1.82, 2.24) is 20.4 Å². The van der Waals surface area contributed by atoms with Crippen molar-refractivity contribution in [3.8, 4) is 0 Å². The van der Waals surface area contributed by atoms with Crippen molar-refractivity contribution in [3.63, 3.8) is 0 Å². The fourth-order valence-electron chi connectivity index (χ4n) is 2.73. The monoisotopic (exact) mass is 311 g/mol. The molecule has 0 radical (unpaired) electrons. The van der Waals surface area contributed by atoms with E-state index in [1.54, 1.807) is 4.90 Å². The van der Waals surface area contributed by atoms with Crippen LogP contribution in [0, 0.1) is 0 Å². The van der Waals surface area contributed by atoms with Gasteiger partial charge in [-0.25, -0.2) is 0 Å². The highest BCUT2D eigenvalue weighted by Gasteiger charge is 2.30. The molecule has 1 unspecified atom stereocenters. The number of amides is 1. The lowest BCUT2D eigenvalue weighted by molar-refractivity contribution is -0.133. The summed E-state index contributed by atoms with van der Waals surface area (Å²) in [5.41, 5.74) is 0. The molecule has 1 aliphatic rings. The number of hydrogen-bond donors (Lipinski definition) is 2. The molecule has 1 saturated heterocycles. The molecule has 22 heavy (non-hydrogen) atoms. The summed E-state index contributed by atoms with van der Waals surface area (Å²) >= 11 is 0. The summed E-state index contributed by atoms with van der Waals surface area (Å²) in [6.45, 7) is 8.81. The second-order valence-electron chi connectivity index (χ2n) is 5.97. The number of carbonyl (C=O) groups is 1. The van der Waals surface area contributed by atoms with Gasteiger partial charge in [-0.05, 0) is 39.2 Å². The molecule has 0 aromatic rings. The number of likely N-dealkylation sites (N-methyl/N-ethyl adjacent to an activating group) is 1. The molecule has 128 valence electrons. The highest BCUT2D eigenvalue weighted by atomic mass is 16.2. The Hall–Kier alpha value is -1.30. The van der Waals surface area contributed by atoms with Crippen molar-refractivity contribution in [1.29, 1.82) is 0 Å². The van der Waals surface area contributed by atoms with Crippen LogP contribution in [0.15, 0.2) is 4.99 Å². The highest BCUT2D eigenvalue weighted by Crippen LogP contribution is 2.18. The summed E-state index contributed by atoms with van der Waals surface area (Å²) in [5, 5.41) is 6.62. The van der Waals surface area contributed by atoms with Crippen molar-refractivity contribution in [3.05, 3.63) is 0 Å². The van der Waals surface area contributed by atoms with Crippen LogP contribution in [-0.4, -0.2) is 74.5 Å². The number of aliphatic imine (C=N–C) groups is 1. The molecular weight excluding hydrogens is 278 g/mol. The number of carbonyl (C=O) groups excluding carboxylic acids is 1. The topological polar surface area (TPSA) is 60.0 Å². The van der Waals surface area contributed by atoms with Crippen molar-refractivity contribution in [2.45, 2.75) is 45.6 Å². The molecule has 0 spiro atoms. The SMILES string of the molecule is CCCN=C(NCC)NCCCN1CCCC1C(=O)N(C)C. The third kappa shape index (κ3) is 6.22. The van der Waals surface area contributed by atoms with Crippen LogP contribution in [0.25, 0.3) is 0 Å². The van der Waals surface area contributed by atoms with Gasteiger partial charge in [-0.3, -0.25) is 14.7 Å². The molecular formula is C16H33N5O. The predicted octanol–water partition coefficient (Wildman–Crippen LogP) is 0.894. The number of likely N-dealkylation sites (tertiary alicyclic amines) is 1. The Morgan fingerprint density at radius 3 is 2.73 bits per heavy atom. The third-order valence-corrected chi connectivity index (χ3v) is 3.84. The molecule has 1 heterocycles. The first-order valence-corrected chi connectivity index (χ1v) is 8.57. The molecule has 1 amide bonds. The van der Waals surface area contributed by atoms with E-state index in [9.17, 15) is 4.79 Å². The molecule has 1 fully saturated rings. The summed E-state index contributed by atoms with van der Waals surface area (Å²) in [4.78, 5) is 20.7. The number of nitrogens with one attached hydrogen (secondary N) is 2.